The third-order valence-electron chi connectivity index (χ3n) is 4.04. The number of hydrogen-bond acceptors (Lipinski definition) is 5. The molecule has 2 aromatic rings. The zero-order valence-corrected chi connectivity index (χ0v) is 14.2. The Balaban J connectivity index is 1.40. The topological polar surface area (TPSA) is 70.2 Å². The number of rotatable bonds is 7. The summed E-state index contributed by atoms with van der Waals surface area (Å²) in [6.07, 6.45) is 7.36. The lowest BCUT2D eigenvalue weighted by atomic mass is 10.2. The van der Waals surface area contributed by atoms with Crippen molar-refractivity contribution in [1.29, 1.82) is 0 Å². The number of benzene rings is 1. The van der Waals surface area contributed by atoms with Gasteiger partial charge in [-0.1, -0.05) is 30.3 Å². The van der Waals surface area contributed by atoms with Crippen LogP contribution in [-0.2, 0) is 4.79 Å². The van der Waals surface area contributed by atoms with Crippen LogP contribution in [0.5, 0.6) is 0 Å². The number of carbonyl (C=O) groups is 1. The molecule has 0 unspecified atom stereocenters. The van der Waals surface area contributed by atoms with Gasteiger partial charge in [-0.2, -0.15) is 0 Å². The molecule has 1 aromatic heterocycles. The minimum atomic E-state index is -0.105. The molecule has 1 amide bonds. The third-order valence-corrected chi connectivity index (χ3v) is 4.04. The molecule has 1 fully saturated rings. The molecule has 1 aliphatic rings. The van der Waals surface area contributed by atoms with Crippen LogP contribution in [0.25, 0.3) is 6.08 Å². The van der Waals surface area contributed by atoms with Crippen molar-refractivity contribution < 1.29 is 4.79 Å². The minimum Gasteiger partial charge on any atom is -0.368 e. The molecule has 2 N–H and O–H groups in total. The summed E-state index contributed by atoms with van der Waals surface area (Å²) in [7, 11) is 0. The van der Waals surface area contributed by atoms with Crippen LogP contribution < -0.4 is 15.5 Å². The molecular weight excluding hydrogens is 314 g/mol. The number of amides is 1. The lowest BCUT2D eigenvalue weighted by molar-refractivity contribution is -0.116. The zero-order chi connectivity index (χ0) is 17.3. The fourth-order valence-electron chi connectivity index (χ4n) is 2.73. The summed E-state index contributed by atoms with van der Waals surface area (Å²) >= 11 is 0. The molecule has 130 valence electrons. The number of anilines is 2. The second-order valence-corrected chi connectivity index (χ2v) is 5.92. The molecule has 0 radical (unpaired) electrons. The van der Waals surface area contributed by atoms with Crippen molar-refractivity contribution in [3.05, 3.63) is 54.4 Å². The van der Waals surface area contributed by atoms with Crippen molar-refractivity contribution in [3.8, 4) is 0 Å². The van der Waals surface area contributed by atoms with E-state index in [0.717, 1.165) is 30.3 Å². The van der Waals surface area contributed by atoms with Crippen LogP contribution in [-0.4, -0.2) is 42.1 Å². The SMILES string of the molecule is O=C(/C=C/c1ccccc1)NCCNc1cc(N2CCCC2)ncn1. The second kappa shape index (κ2) is 8.82. The Kier molecular flexibility index (Phi) is 5.98. The van der Waals surface area contributed by atoms with E-state index < -0.39 is 0 Å². The number of hydrogen-bond donors (Lipinski definition) is 2. The Hall–Kier alpha value is -2.89. The van der Waals surface area contributed by atoms with E-state index >= 15 is 0 Å². The highest BCUT2D eigenvalue weighted by Crippen LogP contribution is 2.18. The minimum absolute atomic E-state index is 0.105. The Bertz CT molecular complexity index is 711. The first-order valence-corrected chi connectivity index (χ1v) is 8.63. The van der Waals surface area contributed by atoms with Gasteiger partial charge in [0, 0.05) is 38.3 Å². The summed E-state index contributed by atoms with van der Waals surface area (Å²) in [5, 5.41) is 6.07. The first-order valence-electron chi connectivity index (χ1n) is 8.63. The van der Waals surface area contributed by atoms with Gasteiger partial charge < -0.3 is 15.5 Å². The Morgan fingerprint density at radius 1 is 1.12 bits per heavy atom. The van der Waals surface area contributed by atoms with Crippen molar-refractivity contribution >= 4 is 23.6 Å². The van der Waals surface area contributed by atoms with Gasteiger partial charge >= 0.3 is 0 Å². The quantitative estimate of drug-likeness (QED) is 0.599. The molecule has 0 atom stereocenters. The van der Waals surface area contributed by atoms with Crippen LogP contribution in [0.15, 0.2) is 48.8 Å². The van der Waals surface area contributed by atoms with E-state index in [1.165, 1.54) is 12.8 Å². The van der Waals surface area contributed by atoms with Crippen molar-refractivity contribution in [2.24, 2.45) is 0 Å². The molecule has 0 aliphatic carbocycles. The summed E-state index contributed by atoms with van der Waals surface area (Å²) in [6, 6.07) is 11.7. The number of carbonyl (C=O) groups excluding carboxylic acids is 1. The van der Waals surface area contributed by atoms with Crippen molar-refractivity contribution in [2.45, 2.75) is 12.8 Å². The van der Waals surface area contributed by atoms with Crippen LogP contribution in [0.1, 0.15) is 18.4 Å². The van der Waals surface area contributed by atoms with E-state index in [9.17, 15) is 4.79 Å². The predicted octanol–water partition coefficient (Wildman–Crippen LogP) is 2.32. The first kappa shape index (κ1) is 17.0. The molecule has 1 aliphatic heterocycles. The number of nitrogens with zero attached hydrogens (tertiary/aromatic N) is 3. The van der Waals surface area contributed by atoms with Crippen LogP contribution in [0.4, 0.5) is 11.6 Å². The molecule has 25 heavy (non-hydrogen) atoms. The standard InChI is InChI=1S/C19H23N5O/c25-19(9-8-16-6-2-1-3-7-16)21-11-10-20-17-14-18(23-15-22-17)24-12-4-5-13-24/h1-3,6-9,14-15H,4-5,10-13H2,(H,21,25)(H,20,22,23)/b9-8+. The van der Waals surface area contributed by atoms with Gasteiger partial charge in [-0.05, 0) is 24.5 Å². The van der Waals surface area contributed by atoms with E-state index in [2.05, 4.69) is 25.5 Å². The lowest BCUT2D eigenvalue weighted by Gasteiger charge is -2.16. The van der Waals surface area contributed by atoms with Gasteiger partial charge in [0.25, 0.3) is 0 Å². The summed E-state index contributed by atoms with van der Waals surface area (Å²) in [4.78, 5) is 22.6. The van der Waals surface area contributed by atoms with E-state index in [0.29, 0.717) is 13.1 Å². The molecular formula is C19H23N5O. The predicted molar refractivity (Wildman–Crippen MR) is 100 cm³/mol. The van der Waals surface area contributed by atoms with E-state index in [-0.39, 0.29) is 5.91 Å². The fourth-order valence-corrected chi connectivity index (χ4v) is 2.73. The average molecular weight is 337 g/mol. The fraction of sp³-hybridized carbons (Fsp3) is 0.316. The number of nitrogens with one attached hydrogen (secondary N) is 2. The normalized spacial score (nSPS) is 14.0. The van der Waals surface area contributed by atoms with Gasteiger partial charge in [0.1, 0.15) is 18.0 Å². The van der Waals surface area contributed by atoms with Crippen molar-refractivity contribution in [1.82, 2.24) is 15.3 Å². The molecule has 0 bridgehead atoms. The highest BCUT2D eigenvalue weighted by atomic mass is 16.1. The molecule has 6 heteroatoms. The maximum atomic E-state index is 11.8. The van der Waals surface area contributed by atoms with Gasteiger partial charge in [-0.3, -0.25) is 4.79 Å². The lowest BCUT2D eigenvalue weighted by Crippen LogP contribution is -2.27. The summed E-state index contributed by atoms with van der Waals surface area (Å²) in [5.41, 5.74) is 1.01. The molecule has 0 saturated carbocycles. The molecule has 6 nitrogen and oxygen atoms in total. The average Bonchev–Trinajstić information content (AvgIpc) is 3.19. The van der Waals surface area contributed by atoms with Crippen LogP contribution >= 0.6 is 0 Å². The zero-order valence-electron chi connectivity index (χ0n) is 14.2. The molecule has 2 heterocycles. The van der Waals surface area contributed by atoms with Crippen molar-refractivity contribution in [3.63, 3.8) is 0 Å². The molecule has 3 rings (SSSR count). The maximum absolute atomic E-state index is 11.8. The Morgan fingerprint density at radius 3 is 2.72 bits per heavy atom. The molecule has 1 aromatic carbocycles. The smallest absolute Gasteiger partial charge is 0.244 e. The highest BCUT2D eigenvalue weighted by molar-refractivity contribution is 5.91. The van der Waals surface area contributed by atoms with Crippen LogP contribution in [0.3, 0.4) is 0 Å². The van der Waals surface area contributed by atoms with Gasteiger partial charge in [0.2, 0.25) is 5.91 Å². The largest absolute Gasteiger partial charge is 0.368 e. The van der Waals surface area contributed by atoms with Crippen LogP contribution in [0, 0.1) is 0 Å². The monoisotopic (exact) mass is 337 g/mol. The third kappa shape index (κ3) is 5.31. The highest BCUT2D eigenvalue weighted by Gasteiger charge is 2.13. The first-order chi connectivity index (χ1) is 12.3. The van der Waals surface area contributed by atoms with E-state index in [1.807, 2.05) is 36.4 Å². The maximum Gasteiger partial charge on any atom is 0.244 e. The summed E-state index contributed by atoms with van der Waals surface area (Å²) in [5.74, 6) is 1.64. The summed E-state index contributed by atoms with van der Waals surface area (Å²) < 4.78 is 0. The Morgan fingerprint density at radius 2 is 1.92 bits per heavy atom. The molecule has 1 saturated heterocycles. The van der Waals surface area contributed by atoms with Gasteiger partial charge in [-0.25, -0.2) is 9.97 Å². The van der Waals surface area contributed by atoms with Crippen LogP contribution in [0.2, 0.25) is 0 Å². The summed E-state index contributed by atoms with van der Waals surface area (Å²) in [6.45, 7) is 3.25. The van der Waals surface area contributed by atoms with Gasteiger partial charge in [0.05, 0.1) is 0 Å². The van der Waals surface area contributed by atoms with Gasteiger partial charge in [-0.15, -0.1) is 0 Å². The molecule has 0 spiro atoms. The van der Waals surface area contributed by atoms with Gasteiger partial charge in [0.15, 0.2) is 0 Å². The second-order valence-electron chi connectivity index (χ2n) is 5.92. The van der Waals surface area contributed by atoms with E-state index in [1.54, 1.807) is 18.5 Å². The Labute approximate surface area is 148 Å². The van der Waals surface area contributed by atoms with Crippen molar-refractivity contribution in [2.75, 3.05) is 36.4 Å². The van der Waals surface area contributed by atoms with E-state index in [4.69, 9.17) is 0 Å². The number of aromatic nitrogens is 2.